The predicted octanol–water partition coefficient (Wildman–Crippen LogP) is 6.12. The summed E-state index contributed by atoms with van der Waals surface area (Å²) < 4.78 is 2.12. The van der Waals surface area contributed by atoms with Crippen molar-refractivity contribution in [1.29, 1.82) is 0 Å². The molecule has 5 heteroatoms. The Morgan fingerprint density at radius 3 is 2.57 bits per heavy atom. The third kappa shape index (κ3) is 3.47. The Hall–Kier alpha value is -1.68. The molecule has 0 aliphatic carbocycles. The van der Waals surface area contributed by atoms with Crippen LogP contribution < -0.4 is 0 Å². The zero-order valence-corrected chi connectivity index (χ0v) is 14.6. The molecule has 0 aliphatic heterocycles. The molecule has 0 fully saturated rings. The van der Waals surface area contributed by atoms with Gasteiger partial charge in [-0.05, 0) is 24.3 Å². The molecule has 0 bridgehead atoms. The molecular weight excluding hydrogens is 347 g/mol. The Bertz CT molecular complexity index is 828. The van der Waals surface area contributed by atoms with Gasteiger partial charge in [-0.2, -0.15) is 0 Å². The van der Waals surface area contributed by atoms with Crippen LogP contribution in [0.15, 0.2) is 72.5 Å². The number of rotatable bonds is 5. The van der Waals surface area contributed by atoms with Crippen molar-refractivity contribution in [2.24, 2.45) is 0 Å². The molecule has 3 aromatic rings. The lowest BCUT2D eigenvalue weighted by molar-refractivity contribution is 0.902. The number of halogens is 2. The van der Waals surface area contributed by atoms with E-state index in [0.29, 0.717) is 10.0 Å². The van der Waals surface area contributed by atoms with Crippen LogP contribution in [-0.4, -0.2) is 15.3 Å². The highest BCUT2D eigenvalue weighted by atomic mass is 35.5. The van der Waals surface area contributed by atoms with Gasteiger partial charge in [0.05, 0.1) is 21.9 Å². The maximum absolute atomic E-state index is 6.17. The molecule has 3 rings (SSSR count). The molecule has 23 heavy (non-hydrogen) atoms. The first kappa shape index (κ1) is 16.2. The molecule has 0 unspecified atom stereocenters. The third-order valence-electron chi connectivity index (χ3n) is 3.29. The van der Waals surface area contributed by atoms with Crippen LogP contribution in [0.4, 0.5) is 0 Å². The minimum Gasteiger partial charge on any atom is -0.287 e. The first-order valence-corrected chi connectivity index (χ1v) is 8.77. The molecule has 0 N–H and O–H groups in total. The smallest absolute Gasteiger partial charge is 0.173 e. The molecule has 1 heterocycles. The lowest BCUT2D eigenvalue weighted by Gasteiger charge is -2.12. The maximum Gasteiger partial charge on any atom is 0.173 e. The van der Waals surface area contributed by atoms with Gasteiger partial charge in [-0.25, -0.2) is 4.98 Å². The zero-order chi connectivity index (χ0) is 16.2. The number of hydrogen-bond acceptors (Lipinski definition) is 2. The molecule has 116 valence electrons. The summed E-state index contributed by atoms with van der Waals surface area (Å²) in [6, 6.07) is 15.7. The summed E-state index contributed by atoms with van der Waals surface area (Å²) in [5.41, 5.74) is 3.00. The normalized spacial score (nSPS) is 10.7. The van der Waals surface area contributed by atoms with Crippen LogP contribution in [0.2, 0.25) is 10.0 Å². The van der Waals surface area contributed by atoms with Crippen molar-refractivity contribution < 1.29 is 0 Å². The SMILES string of the molecule is C=CCSc1ncc(-c2ccc(Cl)c(Cl)c2)n1-c1ccccc1. The fourth-order valence-corrected chi connectivity index (χ4v) is 3.28. The van der Waals surface area contributed by atoms with E-state index in [1.807, 2.05) is 42.6 Å². The summed E-state index contributed by atoms with van der Waals surface area (Å²) in [7, 11) is 0. The van der Waals surface area contributed by atoms with Crippen molar-refractivity contribution in [1.82, 2.24) is 9.55 Å². The highest BCUT2D eigenvalue weighted by molar-refractivity contribution is 7.99. The number of imidazole rings is 1. The van der Waals surface area contributed by atoms with E-state index in [0.717, 1.165) is 27.9 Å². The first-order chi connectivity index (χ1) is 11.2. The lowest BCUT2D eigenvalue weighted by atomic mass is 10.1. The lowest BCUT2D eigenvalue weighted by Crippen LogP contribution is -1.99. The van der Waals surface area contributed by atoms with Crippen LogP contribution >= 0.6 is 35.0 Å². The maximum atomic E-state index is 6.17. The molecule has 2 aromatic carbocycles. The Kier molecular flexibility index (Phi) is 5.11. The van der Waals surface area contributed by atoms with E-state index in [1.165, 1.54) is 0 Å². The Balaban J connectivity index is 2.15. The fraction of sp³-hybridized carbons (Fsp3) is 0.0556. The monoisotopic (exact) mass is 360 g/mol. The van der Waals surface area contributed by atoms with Gasteiger partial charge in [-0.15, -0.1) is 6.58 Å². The third-order valence-corrected chi connectivity index (χ3v) is 4.98. The largest absolute Gasteiger partial charge is 0.287 e. The average Bonchev–Trinajstić information content (AvgIpc) is 3.00. The van der Waals surface area contributed by atoms with Crippen LogP contribution in [0.25, 0.3) is 16.9 Å². The van der Waals surface area contributed by atoms with Crippen LogP contribution in [0, 0.1) is 0 Å². The minimum absolute atomic E-state index is 0.533. The quantitative estimate of drug-likeness (QED) is 0.402. The van der Waals surface area contributed by atoms with E-state index < -0.39 is 0 Å². The van der Waals surface area contributed by atoms with Gasteiger partial charge < -0.3 is 0 Å². The number of nitrogens with zero attached hydrogens (tertiary/aromatic N) is 2. The summed E-state index contributed by atoms with van der Waals surface area (Å²) in [5.74, 6) is 0.796. The molecule has 0 radical (unpaired) electrons. The van der Waals surface area contributed by atoms with Gasteiger partial charge in [-0.3, -0.25) is 4.57 Å². The Morgan fingerprint density at radius 1 is 1.09 bits per heavy atom. The van der Waals surface area contributed by atoms with Gasteiger partial charge in [0.2, 0.25) is 0 Å². The minimum atomic E-state index is 0.533. The van der Waals surface area contributed by atoms with E-state index >= 15 is 0 Å². The summed E-state index contributed by atoms with van der Waals surface area (Å²) in [6.07, 6.45) is 3.73. The van der Waals surface area contributed by atoms with Crippen LogP contribution in [0.3, 0.4) is 0 Å². The van der Waals surface area contributed by atoms with Crippen LogP contribution in [0.1, 0.15) is 0 Å². The molecule has 0 aliphatic rings. The van der Waals surface area contributed by atoms with Gasteiger partial charge in [0, 0.05) is 17.0 Å². The van der Waals surface area contributed by atoms with E-state index in [4.69, 9.17) is 23.2 Å². The molecule has 1 aromatic heterocycles. The van der Waals surface area contributed by atoms with Gasteiger partial charge in [0.25, 0.3) is 0 Å². The molecule has 2 nitrogen and oxygen atoms in total. The van der Waals surface area contributed by atoms with Crippen molar-refractivity contribution in [2.45, 2.75) is 5.16 Å². The first-order valence-electron chi connectivity index (χ1n) is 7.03. The van der Waals surface area contributed by atoms with Gasteiger partial charge in [-0.1, -0.05) is 65.3 Å². The number of benzene rings is 2. The molecule has 0 atom stereocenters. The molecule has 0 spiro atoms. The van der Waals surface area contributed by atoms with Crippen molar-refractivity contribution in [2.75, 3.05) is 5.75 Å². The van der Waals surface area contributed by atoms with E-state index in [1.54, 1.807) is 17.8 Å². The second kappa shape index (κ2) is 7.26. The average molecular weight is 361 g/mol. The van der Waals surface area contributed by atoms with Crippen molar-refractivity contribution in [3.05, 3.63) is 77.4 Å². The van der Waals surface area contributed by atoms with Crippen molar-refractivity contribution in [3.8, 4) is 16.9 Å². The topological polar surface area (TPSA) is 17.8 Å². The number of hydrogen-bond donors (Lipinski definition) is 0. The van der Waals surface area contributed by atoms with Gasteiger partial charge in [0.1, 0.15) is 0 Å². The summed E-state index contributed by atoms with van der Waals surface area (Å²) in [5, 5.41) is 1.99. The molecule has 0 saturated heterocycles. The number of thioether (sulfide) groups is 1. The zero-order valence-electron chi connectivity index (χ0n) is 12.2. The van der Waals surface area contributed by atoms with Crippen LogP contribution in [-0.2, 0) is 0 Å². The van der Waals surface area contributed by atoms with Crippen molar-refractivity contribution in [3.63, 3.8) is 0 Å². The fourth-order valence-electron chi connectivity index (χ4n) is 2.26. The second-order valence-corrected chi connectivity index (χ2v) is 6.63. The molecular formula is C18H14Cl2N2S. The van der Waals surface area contributed by atoms with Gasteiger partial charge in [0.15, 0.2) is 5.16 Å². The number of para-hydroxylation sites is 1. The highest BCUT2D eigenvalue weighted by Gasteiger charge is 2.14. The Morgan fingerprint density at radius 2 is 1.87 bits per heavy atom. The van der Waals surface area contributed by atoms with E-state index in [9.17, 15) is 0 Å². The second-order valence-electron chi connectivity index (χ2n) is 4.83. The van der Waals surface area contributed by atoms with Crippen molar-refractivity contribution >= 4 is 35.0 Å². The van der Waals surface area contributed by atoms with Crippen LogP contribution in [0.5, 0.6) is 0 Å². The summed E-state index contributed by atoms with van der Waals surface area (Å²) in [4.78, 5) is 4.56. The Labute approximate surface area is 149 Å². The summed E-state index contributed by atoms with van der Waals surface area (Å²) in [6.45, 7) is 3.77. The standard InChI is InChI=1S/C18H14Cl2N2S/c1-2-10-23-18-21-12-17(13-8-9-15(19)16(20)11-13)22(18)14-6-4-3-5-7-14/h2-9,11-12H,1,10H2. The van der Waals surface area contributed by atoms with E-state index in [2.05, 4.69) is 28.3 Å². The number of aromatic nitrogens is 2. The van der Waals surface area contributed by atoms with E-state index in [-0.39, 0.29) is 0 Å². The summed E-state index contributed by atoms with van der Waals surface area (Å²) >= 11 is 13.8. The van der Waals surface area contributed by atoms with Gasteiger partial charge >= 0.3 is 0 Å². The molecule has 0 amide bonds. The predicted molar refractivity (Wildman–Crippen MR) is 99.9 cm³/mol. The highest BCUT2D eigenvalue weighted by Crippen LogP contribution is 2.33. The molecule has 0 saturated carbocycles.